The topological polar surface area (TPSA) is 21.3 Å². The standard InChI is InChI=1S/C12H19Br2NOS/c1-16-8-7-15-6-4-2-3-5-10-9-11(13)12(14)17-10/h9,15H,2-8H2,1H3. The highest BCUT2D eigenvalue weighted by Gasteiger charge is 2.03. The first-order chi connectivity index (χ1) is 8.24. The second-order valence-corrected chi connectivity index (χ2v) is 7.20. The molecule has 0 amide bonds. The van der Waals surface area contributed by atoms with Crippen LogP contribution in [0, 0.1) is 0 Å². The van der Waals surface area contributed by atoms with Crippen LogP contribution >= 0.6 is 43.2 Å². The van der Waals surface area contributed by atoms with Crippen molar-refractivity contribution in [3.05, 3.63) is 19.2 Å². The number of rotatable bonds is 9. The second kappa shape index (κ2) is 9.50. The van der Waals surface area contributed by atoms with E-state index in [9.17, 15) is 0 Å². The summed E-state index contributed by atoms with van der Waals surface area (Å²) in [5.41, 5.74) is 0. The summed E-state index contributed by atoms with van der Waals surface area (Å²) < 4.78 is 7.35. The molecule has 0 unspecified atom stereocenters. The Balaban J connectivity index is 1.97. The molecule has 0 atom stereocenters. The molecule has 0 aromatic carbocycles. The molecule has 1 heterocycles. The fourth-order valence-electron chi connectivity index (χ4n) is 1.54. The highest BCUT2D eigenvalue weighted by Crippen LogP contribution is 2.33. The maximum Gasteiger partial charge on any atom is 0.0843 e. The quantitative estimate of drug-likeness (QED) is 0.643. The molecular weight excluding hydrogens is 366 g/mol. The van der Waals surface area contributed by atoms with Gasteiger partial charge in [-0.3, -0.25) is 0 Å². The van der Waals surface area contributed by atoms with Crippen molar-refractivity contribution in [1.82, 2.24) is 5.32 Å². The molecule has 1 aromatic rings. The lowest BCUT2D eigenvalue weighted by Crippen LogP contribution is -2.20. The van der Waals surface area contributed by atoms with E-state index in [1.165, 1.54) is 38.8 Å². The highest BCUT2D eigenvalue weighted by molar-refractivity contribution is 9.13. The number of thiophene rings is 1. The summed E-state index contributed by atoms with van der Waals surface area (Å²) in [6, 6.07) is 2.21. The van der Waals surface area contributed by atoms with Crippen molar-refractivity contribution in [3.63, 3.8) is 0 Å². The largest absolute Gasteiger partial charge is 0.383 e. The first kappa shape index (κ1) is 15.6. The predicted octanol–water partition coefficient (Wildman–Crippen LogP) is 4.22. The van der Waals surface area contributed by atoms with Crippen LogP contribution in [0.4, 0.5) is 0 Å². The molecule has 0 fully saturated rings. The number of hydrogen-bond donors (Lipinski definition) is 1. The second-order valence-electron chi connectivity index (χ2n) is 3.89. The summed E-state index contributed by atoms with van der Waals surface area (Å²) >= 11 is 8.87. The fourth-order valence-corrected chi connectivity index (χ4v) is 3.76. The van der Waals surface area contributed by atoms with Gasteiger partial charge in [0, 0.05) is 23.0 Å². The van der Waals surface area contributed by atoms with Crippen LogP contribution in [0.3, 0.4) is 0 Å². The normalized spacial score (nSPS) is 11.0. The van der Waals surface area contributed by atoms with Gasteiger partial charge in [-0.15, -0.1) is 11.3 Å². The lowest BCUT2D eigenvalue weighted by atomic mass is 10.2. The zero-order chi connectivity index (χ0) is 12.5. The van der Waals surface area contributed by atoms with Crippen molar-refractivity contribution < 1.29 is 4.74 Å². The molecule has 1 rings (SSSR count). The zero-order valence-electron chi connectivity index (χ0n) is 10.1. The van der Waals surface area contributed by atoms with E-state index in [1.54, 1.807) is 7.11 Å². The van der Waals surface area contributed by atoms with E-state index in [4.69, 9.17) is 4.74 Å². The van der Waals surface area contributed by atoms with Crippen molar-refractivity contribution in [2.24, 2.45) is 0 Å². The van der Waals surface area contributed by atoms with E-state index >= 15 is 0 Å². The maximum atomic E-state index is 4.97. The molecule has 98 valence electrons. The summed E-state index contributed by atoms with van der Waals surface area (Å²) in [4.78, 5) is 1.45. The first-order valence-electron chi connectivity index (χ1n) is 5.87. The van der Waals surface area contributed by atoms with Crippen LogP contribution in [-0.2, 0) is 11.2 Å². The van der Waals surface area contributed by atoms with Gasteiger partial charge >= 0.3 is 0 Å². The van der Waals surface area contributed by atoms with Gasteiger partial charge in [0.1, 0.15) is 0 Å². The monoisotopic (exact) mass is 383 g/mol. The van der Waals surface area contributed by atoms with E-state index in [0.717, 1.165) is 19.7 Å². The van der Waals surface area contributed by atoms with Crippen molar-refractivity contribution in [1.29, 1.82) is 0 Å². The summed E-state index contributed by atoms with van der Waals surface area (Å²) in [6.45, 7) is 2.86. The van der Waals surface area contributed by atoms with Gasteiger partial charge in [0.2, 0.25) is 0 Å². The molecule has 0 aliphatic rings. The number of nitrogens with one attached hydrogen (secondary N) is 1. The summed E-state index contributed by atoms with van der Waals surface area (Å²) in [5.74, 6) is 0. The summed E-state index contributed by atoms with van der Waals surface area (Å²) in [5, 5.41) is 3.36. The van der Waals surface area contributed by atoms with Gasteiger partial charge in [0.15, 0.2) is 0 Å². The number of ether oxygens (including phenoxy) is 1. The fraction of sp³-hybridized carbons (Fsp3) is 0.667. The maximum absolute atomic E-state index is 4.97. The smallest absolute Gasteiger partial charge is 0.0843 e. The minimum Gasteiger partial charge on any atom is -0.383 e. The number of halogens is 2. The Morgan fingerprint density at radius 1 is 1.24 bits per heavy atom. The van der Waals surface area contributed by atoms with E-state index < -0.39 is 0 Å². The van der Waals surface area contributed by atoms with Gasteiger partial charge in [-0.1, -0.05) is 6.42 Å². The minimum atomic E-state index is 0.803. The van der Waals surface area contributed by atoms with Crippen molar-refractivity contribution in [3.8, 4) is 0 Å². The van der Waals surface area contributed by atoms with E-state index in [-0.39, 0.29) is 0 Å². The molecule has 5 heteroatoms. The molecule has 0 aliphatic heterocycles. The van der Waals surface area contributed by atoms with Crippen LogP contribution in [0.5, 0.6) is 0 Å². The summed E-state index contributed by atoms with van der Waals surface area (Å²) in [6.07, 6.45) is 4.99. The van der Waals surface area contributed by atoms with E-state index in [2.05, 4.69) is 43.2 Å². The van der Waals surface area contributed by atoms with Crippen LogP contribution in [-0.4, -0.2) is 26.8 Å². The van der Waals surface area contributed by atoms with Crippen LogP contribution in [0.1, 0.15) is 24.1 Å². The molecule has 0 bridgehead atoms. The van der Waals surface area contributed by atoms with E-state index in [0.29, 0.717) is 0 Å². The lowest BCUT2D eigenvalue weighted by molar-refractivity contribution is 0.199. The Labute approximate surface area is 124 Å². The third-order valence-corrected chi connectivity index (χ3v) is 5.77. The Kier molecular flexibility index (Phi) is 8.74. The molecule has 0 saturated carbocycles. The first-order valence-corrected chi connectivity index (χ1v) is 8.27. The SMILES string of the molecule is COCCNCCCCCc1cc(Br)c(Br)s1. The van der Waals surface area contributed by atoms with E-state index in [1.807, 2.05) is 11.3 Å². The third kappa shape index (κ3) is 6.91. The Hall–Kier alpha value is 0.580. The molecule has 0 radical (unpaired) electrons. The minimum absolute atomic E-state index is 0.803. The van der Waals surface area contributed by atoms with Crippen LogP contribution in [0.15, 0.2) is 14.3 Å². The molecule has 17 heavy (non-hydrogen) atoms. The van der Waals surface area contributed by atoms with Gasteiger partial charge in [-0.25, -0.2) is 0 Å². The molecule has 0 aliphatic carbocycles. The Bertz CT molecular complexity index is 298. The molecular formula is C12H19Br2NOS. The molecule has 0 spiro atoms. The molecule has 1 N–H and O–H groups in total. The van der Waals surface area contributed by atoms with Crippen LogP contribution in [0.25, 0.3) is 0 Å². The summed E-state index contributed by atoms with van der Waals surface area (Å²) in [7, 11) is 1.74. The van der Waals surface area contributed by atoms with Gasteiger partial charge in [0.05, 0.1) is 10.4 Å². The highest BCUT2D eigenvalue weighted by atomic mass is 79.9. The number of methoxy groups -OCH3 is 1. The number of aryl methyl sites for hydroxylation is 1. The van der Waals surface area contributed by atoms with Crippen molar-refractivity contribution in [2.45, 2.75) is 25.7 Å². The van der Waals surface area contributed by atoms with Crippen LogP contribution < -0.4 is 5.32 Å². The average Bonchev–Trinajstić information content (AvgIpc) is 2.62. The van der Waals surface area contributed by atoms with Gasteiger partial charge in [-0.05, 0) is 63.7 Å². The average molecular weight is 385 g/mol. The third-order valence-electron chi connectivity index (χ3n) is 2.46. The number of unbranched alkanes of at least 4 members (excludes halogenated alkanes) is 2. The van der Waals surface area contributed by atoms with Gasteiger partial charge in [0.25, 0.3) is 0 Å². The Morgan fingerprint density at radius 3 is 2.71 bits per heavy atom. The van der Waals surface area contributed by atoms with Gasteiger partial charge < -0.3 is 10.1 Å². The van der Waals surface area contributed by atoms with Crippen molar-refractivity contribution in [2.75, 3.05) is 26.8 Å². The predicted molar refractivity (Wildman–Crippen MR) is 82.0 cm³/mol. The molecule has 2 nitrogen and oxygen atoms in total. The van der Waals surface area contributed by atoms with Crippen LogP contribution in [0.2, 0.25) is 0 Å². The lowest BCUT2D eigenvalue weighted by Gasteiger charge is -2.03. The molecule has 0 saturated heterocycles. The van der Waals surface area contributed by atoms with Gasteiger partial charge in [-0.2, -0.15) is 0 Å². The van der Waals surface area contributed by atoms with Crippen molar-refractivity contribution >= 4 is 43.2 Å². The zero-order valence-corrected chi connectivity index (χ0v) is 14.1. The number of hydrogen-bond acceptors (Lipinski definition) is 3. The molecule has 1 aromatic heterocycles. The Morgan fingerprint density at radius 2 is 2.06 bits per heavy atom.